The molecule has 0 bridgehead atoms. The molecule has 0 fully saturated rings. The van der Waals surface area contributed by atoms with Crippen molar-refractivity contribution in [3.8, 4) is 0 Å². The van der Waals surface area contributed by atoms with Gasteiger partial charge in [0, 0.05) is 0 Å². The molecule has 0 atom stereocenters. The molecule has 0 saturated carbocycles. The first-order chi connectivity index (χ1) is 6.91. The molecular formula is C13H28N. The van der Waals surface area contributed by atoms with Crippen molar-refractivity contribution in [2.24, 2.45) is 5.73 Å². The topological polar surface area (TPSA) is 26.0 Å². The van der Waals surface area contributed by atoms with E-state index < -0.39 is 0 Å². The molecule has 0 heterocycles. The summed E-state index contributed by atoms with van der Waals surface area (Å²) in [4.78, 5) is 0. The van der Waals surface area contributed by atoms with Crippen LogP contribution in [0.1, 0.15) is 71.1 Å². The van der Waals surface area contributed by atoms with Crippen molar-refractivity contribution in [1.29, 1.82) is 0 Å². The Morgan fingerprint density at radius 3 is 2.00 bits per heavy atom. The Hall–Kier alpha value is -0.0400. The van der Waals surface area contributed by atoms with E-state index in [1.54, 1.807) is 0 Å². The fourth-order valence-corrected chi connectivity index (χ4v) is 1.65. The van der Waals surface area contributed by atoms with Gasteiger partial charge in [-0.05, 0) is 25.8 Å². The molecule has 0 aliphatic heterocycles. The lowest BCUT2D eigenvalue weighted by Crippen LogP contribution is -1.97. The summed E-state index contributed by atoms with van der Waals surface area (Å²) >= 11 is 0. The van der Waals surface area contributed by atoms with Gasteiger partial charge in [0.05, 0.1) is 0 Å². The molecule has 0 spiro atoms. The Morgan fingerprint density at radius 2 is 1.36 bits per heavy atom. The highest BCUT2D eigenvalue weighted by Crippen LogP contribution is 2.10. The van der Waals surface area contributed by atoms with Crippen molar-refractivity contribution < 1.29 is 0 Å². The predicted molar refractivity (Wildman–Crippen MR) is 65.2 cm³/mol. The van der Waals surface area contributed by atoms with Crippen molar-refractivity contribution in [3.63, 3.8) is 0 Å². The first-order valence-electron chi connectivity index (χ1n) is 6.43. The van der Waals surface area contributed by atoms with Gasteiger partial charge >= 0.3 is 0 Å². The summed E-state index contributed by atoms with van der Waals surface area (Å²) in [6.45, 7) is 3.11. The van der Waals surface area contributed by atoms with E-state index in [0.717, 1.165) is 13.0 Å². The van der Waals surface area contributed by atoms with Gasteiger partial charge in [0.1, 0.15) is 0 Å². The largest absolute Gasteiger partial charge is 0.330 e. The molecule has 14 heavy (non-hydrogen) atoms. The Labute approximate surface area is 90.5 Å². The van der Waals surface area contributed by atoms with Crippen molar-refractivity contribution in [2.75, 3.05) is 6.54 Å². The lowest BCUT2D eigenvalue weighted by molar-refractivity contribution is 0.583. The van der Waals surface area contributed by atoms with Gasteiger partial charge in [-0.15, -0.1) is 0 Å². The molecule has 0 aromatic carbocycles. The van der Waals surface area contributed by atoms with E-state index in [2.05, 4.69) is 13.3 Å². The van der Waals surface area contributed by atoms with E-state index >= 15 is 0 Å². The predicted octanol–water partition coefficient (Wildman–Crippen LogP) is 4.07. The fourth-order valence-electron chi connectivity index (χ4n) is 1.65. The first-order valence-corrected chi connectivity index (χ1v) is 6.43. The number of nitrogens with two attached hydrogens (primary N) is 1. The van der Waals surface area contributed by atoms with Crippen LogP contribution in [0.5, 0.6) is 0 Å². The molecule has 1 radical (unpaired) electrons. The SMILES string of the molecule is CCCCCCCCC[CH]CCCN. The zero-order valence-corrected chi connectivity index (χ0v) is 9.93. The molecule has 2 N–H and O–H groups in total. The number of unbranched alkanes of at least 4 members (excludes halogenated alkanes) is 10. The third-order valence-electron chi connectivity index (χ3n) is 2.62. The number of hydrogen-bond acceptors (Lipinski definition) is 1. The molecule has 0 aromatic heterocycles. The highest BCUT2D eigenvalue weighted by molar-refractivity contribution is 4.64. The molecular weight excluding hydrogens is 170 g/mol. The van der Waals surface area contributed by atoms with E-state index in [4.69, 9.17) is 5.73 Å². The molecule has 0 aromatic rings. The van der Waals surface area contributed by atoms with E-state index in [0.29, 0.717) is 0 Å². The summed E-state index contributed by atoms with van der Waals surface area (Å²) in [5, 5.41) is 0. The number of hydrogen-bond donors (Lipinski definition) is 1. The normalized spacial score (nSPS) is 10.7. The minimum atomic E-state index is 0.841. The summed E-state index contributed by atoms with van der Waals surface area (Å²) in [7, 11) is 0. The monoisotopic (exact) mass is 198 g/mol. The minimum Gasteiger partial charge on any atom is -0.330 e. The quantitative estimate of drug-likeness (QED) is 0.498. The van der Waals surface area contributed by atoms with Gasteiger partial charge in [-0.2, -0.15) is 0 Å². The van der Waals surface area contributed by atoms with Crippen LogP contribution in [-0.4, -0.2) is 6.54 Å². The van der Waals surface area contributed by atoms with Gasteiger partial charge in [0.15, 0.2) is 0 Å². The molecule has 0 aliphatic rings. The smallest absolute Gasteiger partial charge is 0.00772 e. The summed E-state index contributed by atoms with van der Waals surface area (Å²) < 4.78 is 0. The van der Waals surface area contributed by atoms with E-state index in [1.807, 2.05) is 0 Å². The van der Waals surface area contributed by atoms with Crippen molar-refractivity contribution in [3.05, 3.63) is 6.42 Å². The van der Waals surface area contributed by atoms with Crippen molar-refractivity contribution in [1.82, 2.24) is 0 Å². The van der Waals surface area contributed by atoms with Crippen LogP contribution < -0.4 is 5.73 Å². The second-order valence-corrected chi connectivity index (χ2v) is 4.13. The molecule has 0 unspecified atom stereocenters. The van der Waals surface area contributed by atoms with Gasteiger partial charge < -0.3 is 5.73 Å². The maximum Gasteiger partial charge on any atom is -0.00772 e. The third kappa shape index (κ3) is 12.0. The summed E-state index contributed by atoms with van der Waals surface area (Å²) in [6, 6.07) is 0. The van der Waals surface area contributed by atoms with Crippen LogP contribution in [0.25, 0.3) is 0 Å². The van der Waals surface area contributed by atoms with Gasteiger partial charge in [0.2, 0.25) is 0 Å². The van der Waals surface area contributed by atoms with Crippen LogP contribution >= 0.6 is 0 Å². The molecule has 0 saturated heterocycles. The summed E-state index contributed by atoms with van der Waals surface area (Å²) in [5.74, 6) is 0. The first kappa shape index (κ1) is 14.0. The molecule has 1 nitrogen and oxygen atoms in total. The lowest BCUT2D eigenvalue weighted by Gasteiger charge is -2.01. The zero-order chi connectivity index (χ0) is 10.5. The molecule has 1 heteroatoms. The van der Waals surface area contributed by atoms with Crippen LogP contribution in [0.4, 0.5) is 0 Å². The van der Waals surface area contributed by atoms with Gasteiger partial charge in [-0.1, -0.05) is 58.3 Å². The third-order valence-corrected chi connectivity index (χ3v) is 2.62. The fraction of sp³-hybridized carbons (Fsp3) is 0.923. The standard InChI is InChI=1S/C13H28N/c1-2-3-4-5-6-7-8-9-10-11-12-13-14/h10H,2-9,11-14H2,1H3. The molecule has 85 valence electrons. The van der Waals surface area contributed by atoms with Gasteiger partial charge in [-0.3, -0.25) is 0 Å². The lowest BCUT2D eigenvalue weighted by atomic mass is 10.1. The van der Waals surface area contributed by atoms with Crippen LogP contribution in [0, 0.1) is 6.42 Å². The van der Waals surface area contributed by atoms with Gasteiger partial charge in [0.25, 0.3) is 0 Å². The van der Waals surface area contributed by atoms with E-state index in [1.165, 1.54) is 57.8 Å². The van der Waals surface area contributed by atoms with Crippen LogP contribution in [0.3, 0.4) is 0 Å². The Kier molecular flexibility index (Phi) is 12.9. The Morgan fingerprint density at radius 1 is 0.786 bits per heavy atom. The van der Waals surface area contributed by atoms with Gasteiger partial charge in [-0.25, -0.2) is 0 Å². The maximum absolute atomic E-state index is 5.42. The van der Waals surface area contributed by atoms with E-state index in [9.17, 15) is 0 Å². The van der Waals surface area contributed by atoms with Crippen molar-refractivity contribution >= 4 is 0 Å². The van der Waals surface area contributed by atoms with E-state index in [-0.39, 0.29) is 0 Å². The summed E-state index contributed by atoms with van der Waals surface area (Å²) in [6.07, 6.45) is 16.0. The molecule has 0 rings (SSSR count). The second-order valence-electron chi connectivity index (χ2n) is 4.13. The molecule has 0 amide bonds. The number of rotatable bonds is 11. The minimum absolute atomic E-state index is 0.841. The second kappa shape index (κ2) is 13.0. The Balaban J connectivity index is 2.78. The van der Waals surface area contributed by atoms with Crippen molar-refractivity contribution in [2.45, 2.75) is 71.1 Å². The molecule has 0 aliphatic carbocycles. The van der Waals surface area contributed by atoms with Crippen LogP contribution in [0.2, 0.25) is 0 Å². The highest BCUT2D eigenvalue weighted by Gasteiger charge is 1.91. The average Bonchev–Trinajstić information content (AvgIpc) is 2.21. The summed E-state index contributed by atoms with van der Waals surface area (Å²) in [5.41, 5.74) is 5.42. The van der Waals surface area contributed by atoms with Crippen LogP contribution in [-0.2, 0) is 0 Å². The zero-order valence-electron chi connectivity index (χ0n) is 9.93. The average molecular weight is 198 g/mol. The Bertz CT molecular complexity index is 79.2. The highest BCUT2D eigenvalue weighted by atomic mass is 14.5. The maximum atomic E-state index is 5.42. The van der Waals surface area contributed by atoms with Crippen LogP contribution in [0.15, 0.2) is 0 Å².